The summed E-state index contributed by atoms with van der Waals surface area (Å²) in [5.74, 6) is 0.272. The molecule has 1 unspecified atom stereocenters. The lowest BCUT2D eigenvalue weighted by atomic mass is 10.1. The first-order valence-corrected chi connectivity index (χ1v) is 6.25. The summed E-state index contributed by atoms with van der Waals surface area (Å²) in [6.07, 6.45) is 2.85. The molecule has 0 saturated heterocycles. The number of nitrogens with two attached hydrogens (primary N) is 1. The predicted molar refractivity (Wildman–Crippen MR) is 71.6 cm³/mol. The molecule has 0 aromatic heterocycles. The van der Waals surface area contributed by atoms with Gasteiger partial charge in [-0.25, -0.2) is 0 Å². The van der Waals surface area contributed by atoms with Crippen LogP contribution in [-0.2, 0) is 11.2 Å². The molecule has 0 bridgehead atoms. The van der Waals surface area contributed by atoms with Gasteiger partial charge in [0.1, 0.15) is 0 Å². The first kappa shape index (κ1) is 13.6. The minimum Gasteiger partial charge on any atom is -0.399 e. The average molecular weight is 234 g/mol. The Kier molecular flexibility index (Phi) is 5.53. The fraction of sp³-hybridized carbons (Fsp3) is 0.500. The van der Waals surface area contributed by atoms with Crippen LogP contribution in [0.1, 0.15) is 32.3 Å². The van der Waals surface area contributed by atoms with E-state index in [1.54, 1.807) is 0 Å². The van der Waals surface area contributed by atoms with Gasteiger partial charge in [-0.15, -0.1) is 0 Å². The Morgan fingerprint density at radius 2 is 2.00 bits per heavy atom. The van der Waals surface area contributed by atoms with E-state index in [4.69, 9.17) is 5.73 Å². The molecule has 0 aliphatic carbocycles. The van der Waals surface area contributed by atoms with Crippen LogP contribution in [0.2, 0.25) is 0 Å². The Hall–Kier alpha value is -1.51. The van der Waals surface area contributed by atoms with Gasteiger partial charge in [-0.2, -0.15) is 0 Å². The lowest BCUT2D eigenvalue weighted by Gasteiger charge is -2.11. The summed E-state index contributed by atoms with van der Waals surface area (Å²) in [5, 5.41) is 2.96. The molecular weight excluding hydrogens is 212 g/mol. The van der Waals surface area contributed by atoms with Crippen LogP contribution in [0.25, 0.3) is 0 Å². The van der Waals surface area contributed by atoms with Crippen LogP contribution >= 0.6 is 0 Å². The highest BCUT2D eigenvalue weighted by Gasteiger charge is 2.10. The zero-order valence-corrected chi connectivity index (χ0v) is 10.7. The smallest absolute Gasteiger partial charge is 0.222 e. The Balaban J connectivity index is 2.28. The first-order valence-electron chi connectivity index (χ1n) is 6.25. The molecule has 0 saturated carbocycles. The van der Waals surface area contributed by atoms with Crippen LogP contribution in [0.4, 0.5) is 5.69 Å². The quantitative estimate of drug-likeness (QED) is 0.742. The van der Waals surface area contributed by atoms with Crippen LogP contribution in [-0.4, -0.2) is 12.5 Å². The molecule has 94 valence electrons. The number of nitrogens with one attached hydrogen (secondary N) is 1. The van der Waals surface area contributed by atoms with Gasteiger partial charge in [-0.3, -0.25) is 4.79 Å². The third kappa shape index (κ3) is 4.89. The SMILES string of the molecule is CCCC(C)C(=O)NCCc1ccc(N)cc1. The Morgan fingerprint density at radius 3 is 2.59 bits per heavy atom. The minimum atomic E-state index is 0.117. The van der Waals surface area contributed by atoms with Crippen molar-refractivity contribution in [2.24, 2.45) is 5.92 Å². The molecular formula is C14H22N2O. The van der Waals surface area contributed by atoms with Crippen molar-refractivity contribution in [2.75, 3.05) is 12.3 Å². The maximum Gasteiger partial charge on any atom is 0.222 e. The number of nitrogen functional groups attached to an aromatic ring is 1. The van der Waals surface area contributed by atoms with E-state index in [9.17, 15) is 4.79 Å². The molecule has 17 heavy (non-hydrogen) atoms. The molecule has 0 aliphatic heterocycles. The van der Waals surface area contributed by atoms with Crippen LogP contribution in [0.3, 0.4) is 0 Å². The molecule has 1 amide bonds. The van der Waals surface area contributed by atoms with E-state index in [1.165, 1.54) is 5.56 Å². The molecule has 0 spiro atoms. The molecule has 0 radical (unpaired) electrons. The summed E-state index contributed by atoms with van der Waals surface area (Å²) in [7, 11) is 0. The molecule has 3 N–H and O–H groups in total. The molecule has 0 aliphatic rings. The van der Waals surface area contributed by atoms with Gasteiger partial charge in [-0.05, 0) is 30.5 Å². The number of hydrogen-bond donors (Lipinski definition) is 2. The summed E-state index contributed by atoms with van der Waals surface area (Å²) >= 11 is 0. The summed E-state index contributed by atoms with van der Waals surface area (Å²) < 4.78 is 0. The van der Waals surface area contributed by atoms with Crippen molar-refractivity contribution in [3.05, 3.63) is 29.8 Å². The van der Waals surface area contributed by atoms with E-state index in [0.717, 1.165) is 24.9 Å². The van der Waals surface area contributed by atoms with Crippen molar-refractivity contribution < 1.29 is 4.79 Å². The van der Waals surface area contributed by atoms with Crippen LogP contribution in [0.15, 0.2) is 24.3 Å². The lowest BCUT2D eigenvalue weighted by Crippen LogP contribution is -2.30. The largest absolute Gasteiger partial charge is 0.399 e. The van der Waals surface area contributed by atoms with Gasteiger partial charge < -0.3 is 11.1 Å². The van der Waals surface area contributed by atoms with E-state index in [0.29, 0.717) is 6.54 Å². The van der Waals surface area contributed by atoms with Crippen molar-refractivity contribution in [3.63, 3.8) is 0 Å². The maximum atomic E-state index is 11.6. The van der Waals surface area contributed by atoms with E-state index in [2.05, 4.69) is 12.2 Å². The number of amides is 1. The molecule has 3 heteroatoms. The summed E-state index contributed by atoms with van der Waals surface area (Å²) in [4.78, 5) is 11.6. The molecule has 0 fully saturated rings. The summed E-state index contributed by atoms with van der Waals surface area (Å²) in [6.45, 7) is 4.76. The third-order valence-corrected chi connectivity index (χ3v) is 2.86. The highest BCUT2D eigenvalue weighted by molar-refractivity contribution is 5.78. The number of benzene rings is 1. The van der Waals surface area contributed by atoms with Gasteiger partial charge >= 0.3 is 0 Å². The third-order valence-electron chi connectivity index (χ3n) is 2.86. The van der Waals surface area contributed by atoms with Gasteiger partial charge in [0.05, 0.1) is 0 Å². The zero-order valence-electron chi connectivity index (χ0n) is 10.7. The fourth-order valence-electron chi connectivity index (χ4n) is 1.75. The summed E-state index contributed by atoms with van der Waals surface area (Å²) in [6, 6.07) is 7.77. The number of hydrogen-bond acceptors (Lipinski definition) is 2. The van der Waals surface area contributed by atoms with Crippen molar-refractivity contribution >= 4 is 11.6 Å². The van der Waals surface area contributed by atoms with E-state index in [-0.39, 0.29) is 11.8 Å². The molecule has 1 atom stereocenters. The second-order valence-electron chi connectivity index (χ2n) is 4.47. The minimum absolute atomic E-state index is 0.117. The fourth-order valence-corrected chi connectivity index (χ4v) is 1.75. The van der Waals surface area contributed by atoms with Crippen molar-refractivity contribution in [1.29, 1.82) is 0 Å². The van der Waals surface area contributed by atoms with E-state index >= 15 is 0 Å². The first-order chi connectivity index (χ1) is 8.13. The molecule has 3 nitrogen and oxygen atoms in total. The molecule has 1 aromatic carbocycles. The Labute approximate surface area is 103 Å². The monoisotopic (exact) mass is 234 g/mol. The average Bonchev–Trinajstić information content (AvgIpc) is 2.32. The predicted octanol–water partition coefficient (Wildman–Crippen LogP) is 2.36. The standard InChI is InChI=1S/C14H22N2O/c1-3-4-11(2)14(17)16-10-9-12-5-7-13(15)8-6-12/h5-8,11H,3-4,9-10,15H2,1-2H3,(H,16,17). The number of carbonyl (C=O) groups excluding carboxylic acids is 1. The van der Waals surface area contributed by atoms with Crippen LogP contribution in [0.5, 0.6) is 0 Å². The second-order valence-corrected chi connectivity index (χ2v) is 4.47. The Morgan fingerprint density at radius 1 is 1.35 bits per heavy atom. The Bertz CT molecular complexity index is 346. The highest BCUT2D eigenvalue weighted by atomic mass is 16.1. The van der Waals surface area contributed by atoms with Gasteiger partial charge in [0.25, 0.3) is 0 Å². The normalized spacial score (nSPS) is 12.1. The number of rotatable bonds is 6. The van der Waals surface area contributed by atoms with Gasteiger partial charge in [0, 0.05) is 18.2 Å². The van der Waals surface area contributed by atoms with Gasteiger partial charge in [0.2, 0.25) is 5.91 Å². The topological polar surface area (TPSA) is 55.1 Å². The number of anilines is 1. The van der Waals surface area contributed by atoms with Gasteiger partial charge in [-0.1, -0.05) is 32.4 Å². The maximum absolute atomic E-state index is 11.6. The molecule has 0 heterocycles. The van der Waals surface area contributed by atoms with Crippen LogP contribution in [0, 0.1) is 5.92 Å². The van der Waals surface area contributed by atoms with Crippen molar-refractivity contribution in [3.8, 4) is 0 Å². The summed E-state index contributed by atoms with van der Waals surface area (Å²) in [5.41, 5.74) is 7.58. The zero-order chi connectivity index (χ0) is 12.7. The molecule has 1 rings (SSSR count). The van der Waals surface area contributed by atoms with E-state index < -0.39 is 0 Å². The molecule has 1 aromatic rings. The number of carbonyl (C=O) groups is 1. The lowest BCUT2D eigenvalue weighted by molar-refractivity contribution is -0.124. The van der Waals surface area contributed by atoms with Crippen molar-refractivity contribution in [2.45, 2.75) is 33.1 Å². The van der Waals surface area contributed by atoms with Crippen molar-refractivity contribution in [1.82, 2.24) is 5.32 Å². The van der Waals surface area contributed by atoms with Crippen LogP contribution < -0.4 is 11.1 Å². The van der Waals surface area contributed by atoms with E-state index in [1.807, 2.05) is 31.2 Å². The highest BCUT2D eigenvalue weighted by Crippen LogP contribution is 2.07. The second kappa shape index (κ2) is 6.94. The van der Waals surface area contributed by atoms with Gasteiger partial charge in [0.15, 0.2) is 0 Å².